The van der Waals surface area contributed by atoms with Crippen LogP contribution in [0, 0.1) is 0 Å². The molecule has 0 saturated carbocycles. The summed E-state index contributed by atoms with van der Waals surface area (Å²) in [6.45, 7) is 0.213. The summed E-state index contributed by atoms with van der Waals surface area (Å²) in [7, 11) is 0. The van der Waals surface area contributed by atoms with Gasteiger partial charge in [0.25, 0.3) is 5.89 Å². The molecular formula is C18H11Cl3N4O2. The van der Waals surface area contributed by atoms with Crippen LogP contribution in [0.5, 0.6) is 5.75 Å². The van der Waals surface area contributed by atoms with Gasteiger partial charge in [0, 0.05) is 21.8 Å². The molecule has 0 aliphatic carbocycles. The summed E-state index contributed by atoms with van der Waals surface area (Å²) in [6, 6.07) is 14.0. The van der Waals surface area contributed by atoms with Crippen LogP contribution in [0.1, 0.15) is 0 Å². The van der Waals surface area contributed by atoms with Gasteiger partial charge in [-0.05, 0) is 42.5 Å². The summed E-state index contributed by atoms with van der Waals surface area (Å²) in [5, 5.41) is 9.90. The molecule has 0 fully saturated rings. The van der Waals surface area contributed by atoms with E-state index in [-0.39, 0.29) is 12.6 Å². The number of nitrogens with zero attached hydrogens (tertiary/aromatic N) is 4. The van der Waals surface area contributed by atoms with E-state index >= 15 is 0 Å². The quantitative estimate of drug-likeness (QED) is 0.420. The smallest absolute Gasteiger partial charge is 0.278 e. The molecule has 4 rings (SSSR count). The number of halogens is 3. The molecule has 2 heterocycles. The highest BCUT2D eigenvalue weighted by Crippen LogP contribution is 2.29. The molecule has 0 amide bonds. The van der Waals surface area contributed by atoms with Crippen molar-refractivity contribution in [1.29, 1.82) is 0 Å². The van der Waals surface area contributed by atoms with Crippen LogP contribution in [0.4, 0.5) is 0 Å². The Kier molecular flexibility index (Phi) is 5.03. The minimum Gasteiger partial charge on any atom is -0.471 e. The summed E-state index contributed by atoms with van der Waals surface area (Å²) >= 11 is 18.0. The number of hydrogen-bond donors (Lipinski definition) is 0. The van der Waals surface area contributed by atoms with Crippen molar-refractivity contribution in [3.63, 3.8) is 0 Å². The lowest BCUT2D eigenvalue weighted by molar-refractivity contribution is 0.221. The molecule has 136 valence electrons. The van der Waals surface area contributed by atoms with E-state index in [1.165, 1.54) is 0 Å². The zero-order chi connectivity index (χ0) is 18.8. The Morgan fingerprint density at radius 3 is 2.67 bits per heavy atom. The predicted molar refractivity (Wildman–Crippen MR) is 103 cm³/mol. The molecule has 0 spiro atoms. The van der Waals surface area contributed by atoms with Gasteiger partial charge in [0.15, 0.2) is 12.4 Å². The average Bonchev–Trinajstić information content (AvgIpc) is 3.29. The zero-order valence-electron chi connectivity index (χ0n) is 13.6. The largest absolute Gasteiger partial charge is 0.471 e. The maximum atomic E-state index is 6.18. The van der Waals surface area contributed by atoms with E-state index in [0.29, 0.717) is 37.9 Å². The molecule has 6 nitrogen and oxygen atoms in total. The van der Waals surface area contributed by atoms with Crippen molar-refractivity contribution in [3.05, 3.63) is 69.8 Å². The van der Waals surface area contributed by atoms with Crippen LogP contribution in [-0.2, 0) is 6.73 Å². The Labute approximate surface area is 169 Å². The van der Waals surface area contributed by atoms with E-state index in [4.69, 9.17) is 44.1 Å². The topological polar surface area (TPSA) is 66.0 Å². The van der Waals surface area contributed by atoms with Crippen LogP contribution in [0.3, 0.4) is 0 Å². The van der Waals surface area contributed by atoms with Crippen molar-refractivity contribution in [2.24, 2.45) is 0 Å². The Morgan fingerprint density at radius 2 is 1.85 bits per heavy atom. The summed E-state index contributed by atoms with van der Waals surface area (Å²) in [6.07, 6.45) is 1.75. The Bertz CT molecular complexity index is 1090. The number of hydrogen-bond acceptors (Lipinski definition) is 5. The molecule has 4 aromatic rings. The van der Waals surface area contributed by atoms with Crippen LogP contribution in [0.15, 0.2) is 59.3 Å². The molecule has 2 aromatic carbocycles. The third-order valence-electron chi connectivity index (χ3n) is 3.62. The molecule has 27 heavy (non-hydrogen) atoms. The van der Waals surface area contributed by atoms with E-state index < -0.39 is 0 Å². The van der Waals surface area contributed by atoms with Gasteiger partial charge in [-0.2, -0.15) is 10.1 Å². The number of benzene rings is 2. The van der Waals surface area contributed by atoms with E-state index in [1.54, 1.807) is 47.3 Å². The summed E-state index contributed by atoms with van der Waals surface area (Å²) in [5.74, 6) is 1.28. The summed E-state index contributed by atoms with van der Waals surface area (Å²) < 4.78 is 12.5. The normalized spacial score (nSPS) is 10.9. The van der Waals surface area contributed by atoms with Crippen LogP contribution >= 0.6 is 34.8 Å². The van der Waals surface area contributed by atoms with Gasteiger partial charge >= 0.3 is 0 Å². The van der Waals surface area contributed by atoms with E-state index in [0.717, 1.165) is 0 Å². The van der Waals surface area contributed by atoms with Gasteiger partial charge < -0.3 is 9.26 Å². The van der Waals surface area contributed by atoms with Crippen molar-refractivity contribution >= 4 is 34.8 Å². The number of ether oxygens (including phenoxy) is 1. The predicted octanol–water partition coefficient (Wildman–Crippen LogP) is 5.60. The lowest BCUT2D eigenvalue weighted by Crippen LogP contribution is -2.05. The lowest BCUT2D eigenvalue weighted by atomic mass is 10.2. The van der Waals surface area contributed by atoms with Crippen LogP contribution in [0.2, 0.25) is 15.1 Å². The zero-order valence-corrected chi connectivity index (χ0v) is 15.9. The maximum Gasteiger partial charge on any atom is 0.278 e. The monoisotopic (exact) mass is 420 g/mol. The van der Waals surface area contributed by atoms with Crippen molar-refractivity contribution in [2.45, 2.75) is 6.73 Å². The molecule has 0 aliphatic heterocycles. The highest BCUT2D eigenvalue weighted by atomic mass is 35.5. The third kappa shape index (κ3) is 4.08. The van der Waals surface area contributed by atoms with Gasteiger partial charge in [0.1, 0.15) is 5.75 Å². The number of rotatable bonds is 5. The van der Waals surface area contributed by atoms with Gasteiger partial charge in [-0.15, -0.1) is 0 Å². The lowest BCUT2D eigenvalue weighted by Gasteiger charge is -2.05. The van der Waals surface area contributed by atoms with Gasteiger partial charge in [0.2, 0.25) is 5.82 Å². The standard InChI is InChI=1S/C18H11Cl3N4O2/c19-11-2-1-3-13(8-11)26-10-25-7-6-16(23-25)18-22-17(24-27-18)14-5-4-12(20)9-15(14)21/h1-9H,10H2. The second-order valence-electron chi connectivity index (χ2n) is 5.52. The fourth-order valence-electron chi connectivity index (χ4n) is 2.35. The first-order chi connectivity index (χ1) is 13.1. The second-order valence-corrected chi connectivity index (χ2v) is 6.80. The van der Waals surface area contributed by atoms with Gasteiger partial charge in [0.05, 0.1) is 5.02 Å². The molecule has 0 atom stereocenters. The van der Waals surface area contributed by atoms with E-state index in [9.17, 15) is 0 Å². The van der Waals surface area contributed by atoms with Crippen LogP contribution < -0.4 is 4.74 Å². The van der Waals surface area contributed by atoms with Gasteiger partial charge in [-0.25, -0.2) is 4.68 Å². The number of aromatic nitrogens is 4. The molecular weight excluding hydrogens is 411 g/mol. The molecule has 0 N–H and O–H groups in total. The van der Waals surface area contributed by atoms with Crippen molar-refractivity contribution < 1.29 is 9.26 Å². The third-order valence-corrected chi connectivity index (χ3v) is 4.40. The summed E-state index contributed by atoms with van der Waals surface area (Å²) in [5.41, 5.74) is 1.15. The Balaban J connectivity index is 1.49. The van der Waals surface area contributed by atoms with Gasteiger partial charge in [-0.1, -0.05) is 46.0 Å². The highest BCUT2D eigenvalue weighted by Gasteiger charge is 2.15. The average molecular weight is 422 g/mol. The first-order valence-electron chi connectivity index (χ1n) is 7.80. The van der Waals surface area contributed by atoms with E-state index in [1.807, 2.05) is 12.1 Å². The minimum atomic E-state index is 0.213. The van der Waals surface area contributed by atoms with Crippen LogP contribution in [0.25, 0.3) is 23.0 Å². The fourth-order valence-corrected chi connectivity index (χ4v) is 3.03. The first-order valence-corrected chi connectivity index (χ1v) is 8.93. The van der Waals surface area contributed by atoms with Crippen molar-refractivity contribution in [2.75, 3.05) is 0 Å². The van der Waals surface area contributed by atoms with Gasteiger partial charge in [-0.3, -0.25) is 0 Å². The fraction of sp³-hybridized carbons (Fsp3) is 0.0556. The molecule has 0 aliphatic rings. The maximum absolute atomic E-state index is 6.18. The van der Waals surface area contributed by atoms with Crippen molar-refractivity contribution in [1.82, 2.24) is 19.9 Å². The summed E-state index contributed by atoms with van der Waals surface area (Å²) in [4.78, 5) is 4.35. The molecule has 0 bridgehead atoms. The van der Waals surface area contributed by atoms with Crippen molar-refractivity contribution in [3.8, 4) is 28.7 Å². The SMILES string of the molecule is Clc1cccc(OCn2ccc(-c3nc(-c4ccc(Cl)cc4Cl)no3)n2)c1. The Hall–Kier alpha value is -2.54. The molecule has 9 heteroatoms. The minimum absolute atomic E-state index is 0.213. The van der Waals surface area contributed by atoms with Crippen LogP contribution in [-0.4, -0.2) is 19.9 Å². The second kappa shape index (κ2) is 7.60. The highest BCUT2D eigenvalue weighted by molar-refractivity contribution is 6.36. The molecule has 0 unspecified atom stereocenters. The first kappa shape index (κ1) is 17.9. The Morgan fingerprint density at radius 1 is 1.00 bits per heavy atom. The molecule has 0 radical (unpaired) electrons. The van der Waals surface area contributed by atoms with E-state index in [2.05, 4.69) is 15.2 Å². The molecule has 0 saturated heterocycles. The molecule has 2 aromatic heterocycles.